The van der Waals surface area contributed by atoms with Gasteiger partial charge in [0, 0.05) is 37.3 Å². The number of rotatable bonds is 3. The summed E-state index contributed by atoms with van der Waals surface area (Å²) in [5, 5.41) is 14.8. The average molecular weight is 309 g/mol. The van der Waals surface area contributed by atoms with Gasteiger partial charge in [0.2, 0.25) is 5.91 Å². The molecule has 0 spiro atoms. The molecule has 0 aliphatic carbocycles. The summed E-state index contributed by atoms with van der Waals surface area (Å²) >= 11 is 0. The maximum absolute atomic E-state index is 11.2. The molecule has 0 aliphatic rings. The molecule has 6 nitrogen and oxygen atoms in total. The number of nitrogens with one attached hydrogen (secondary N) is 1. The van der Waals surface area contributed by atoms with E-state index in [4.69, 9.17) is 0 Å². The number of carbonyl (C=O) groups is 1. The largest absolute Gasteiger partial charge is 0.345 e. The number of benzene rings is 2. The number of hydrogen-bond acceptors (Lipinski definition) is 3. The van der Waals surface area contributed by atoms with Crippen LogP contribution in [0.2, 0.25) is 0 Å². The average Bonchev–Trinajstić information content (AvgIpc) is 2.88. The van der Waals surface area contributed by atoms with Crippen molar-refractivity contribution >= 4 is 28.2 Å². The number of hydrogen-bond donors (Lipinski definition) is 1. The van der Waals surface area contributed by atoms with E-state index in [2.05, 4.69) is 5.32 Å². The summed E-state index contributed by atoms with van der Waals surface area (Å²) in [5.41, 5.74) is 3.13. The van der Waals surface area contributed by atoms with Crippen LogP contribution >= 0.6 is 0 Å². The monoisotopic (exact) mass is 309 g/mol. The zero-order chi connectivity index (χ0) is 16.6. The van der Waals surface area contributed by atoms with Gasteiger partial charge >= 0.3 is 0 Å². The van der Waals surface area contributed by atoms with Crippen molar-refractivity contribution in [2.24, 2.45) is 7.05 Å². The number of amides is 1. The summed E-state index contributed by atoms with van der Waals surface area (Å²) in [7, 11) is 1.78. The van der Waals surface area contributed by atoms with Gasteiger partial charge in [-0.05, 0) is 35.4 Å². The minimum atomic E-state index is -0.375. The second kappa shape index (κ2) is 5.57. The van der Waals surface area contributed by atoms with Crippen LogP contribution in [0.25, 0.3) is 22.0 Å². The third-order valence-corrected chi connectivity index (χ3v) is 3.70. The van der Waals surface area contributed by atoms with Crippen LogP contribution in [0.3, 0.4) is 0 Å². The lowest BCUT2D eigenvalue weighted by Crippen LogP contribution is -2.05. The van der Waals surface area contributed by atoms with Gasteiger partial charge in [0.25, 0.3) is 5.69 Å². The quantitative estimate of drug-likeness (QED) is 0.592. The number of non-ortho nitro benzene ring substituents is 1. The SMILES string of the molecule is CC(=O)Nc1cccc(-c2ccc([N+](=O)[O-])c3c2ccn3C)c1. The Hall–Kier alpha value is -3.15. The first-order valence-corrected chi connectivity index (χ1v) is 7.08. The third kappa shape index (κ3) is 2.66. The van der Waals surface area contributed by atoms with Crippen LogP contribution in [-0.2, 0) is 11.8 Å². The van der Waals surface area contributed by atoms with Gasteiger partial charge < -0.3 is 9.88 Å². The Morgan fingerprint density at radius 3 is 2.70 bits per heavy atom. The van der Waals surface area contributed by atoms with Gasteiger partial charge in [0.1, 0.15) is 5.52 Å². The van der Waals surface area contributed by atoms with Crippen LogP contribution in [0.5, 0.6) is 0 Å². The van der Waals surface area contributed by atoms with Crippen molar-refractivity contribution in [1.29, 1.82) is 0 Å². The fraction of sp³-hybridized carbons (Fsp3) is 0.118. The van der Waals surface area contributed by atoms with Crippen LogP contribution in [-0.4, -0.2) is 15.4 Å². The Balaban J connectivity index is 2.20. The molecule has 0 fully saturated rings. The van der Waals surface area contributed by atoms with E-state index in [1.165, 1.54) is 13.0 Å². The second-order valence-corrected chi connectivity index (χ2v) is 5.34. The van der Waals surface area contributed by atoms with Gasteiger partial charge in [0.05, 0.1) is 4.92 Å². The Bertz CT molecular complexity index is 928. The number of aryl methyl sites for hydroxylation is 1. The molecule has 1 amide bonds. The molecule has 0 atom stereocenters. The van der Waals surface area contributed by atoms with Crippen molar-refractivity contribution in [3.05, 3.63) is 58.8 Å². The first-order valence-electron chi connectivity index (χ1n) is 7.08. The summed E-state index contributed by atoms with van der Waals surface area (Å²) in [4.78, 5) is 22.1. The molecule has 1 heterocycles. The van der Waals surface area contributed by atoms with E-state index < -0.39 is 0 Å². The van der Waals surface area contributed by atoms with E-state index in [0.717, 1.165) is 16.5 Å². The van der Waals surface area contributed by atoms with Crippen LogP contribution in [0.1, 0.15) is 6.92 Å². The van der Waals surface area contributed by atoms with Gasteiger partial charge in [-0.15, -0.1) is 0 Å². The van der Waals surface area contributed by atoms with E-state index in [0.29, 0.717) is 11.2 Å². The Morgan fingerprint density at radius 2 is 2.00 bits per heavy atom. The number of anilines is 1. The number of carbonyl (C=O) groups excluding carboxylic acids is 1. The van der Waals surface area contributed by atoms with Crippen molar-refractivity contribution in [3.63, 3.8) is 0 Å². The molecule has 3 aromatic rings. The highest BCUT2D eigenvalue weighted by Crippen LogP contribution is 2.35. The lowest BCUT2D eigenvalue weighted by atomic mass is 10.0. The van der Waals surface area contributed by atoms with E-state index in [-0.39, 0.29) is 16.5 Å². The highest BCUT2D eigenvalue weighted by Gasteiger charge is 2.18. The standard InChI is InChI=1S/C17H15N3O3/c1-11(21)18-13-5-3-4-12(10-13)14-6-7-16(20(22)23)17-15(14)8-9-19(17)2/h3-10H,1-2H3,(H,18,21). The summed E-state index contributed by atoms with van der Waals surface area (Å²) in [5.74, 6) is -0.143. The molecular weight excluding hydrogens is 294 g/mol. The molecule has 0 radical (unpaired) electrons. The molecule has 23 heavy (non-hydrogen) atoms. The van der Waals surface area contributed by atoms with Gasteiger partial charge in [0.15, 0.2) is 0 Å². The smallest absolute Gasteiger partial charge is 0.293 e. The molecular formula is C17H15N3O3. The topological polar surface area (TPSA) is 77.2 Å². The molecule has 0 unspecified atom stereocenters. The van der Waals surface area contributed by atoms with Gasteiger partial charge in [-0.25, -0.2) is 0 Å². The van der Waals surface area contributed by atoms with Crippen molar-refractivity contribution in [3.8, 4) is 11.1 Å². The van der Waals surface area contributed by atoms with E-state index in [9.17, 15) is 14.9 Å². The van der Waals surface area contributed by atoms with Crippen LogP contribution in [0.4, 0.5) is 11.4 Å². The molecule has 6 heteroatoms. The van der Waals surface area contributed by atoms with E-state index in [1.807, 2.05) is 24.3 Å². The lowest BCUT2D eigenvalue weighted by Gasteiger charge is -2.08. The Labute approximate surface area is 132 Å². The summed E-state index contributed by atoms with van der Waals surface area (Å²) in [6.07, 6.45) is 1.80. The molecule has 3 rings (SSSR count). The van der Waals surface area contributed by atoms with Gasteiger partial charge in [-0.3, -0.25) is 14.9 Å². The normalized spacial score (nSPS) is 10.7. The molecule has 1 N–H and O–H groups in total. The molecule has 116 valence electrons. The zero-order valence-electron chi connectivity index (χ0n) is 12.7. The van der Waals surface area contributed by atoms with Crippen molar-refractivity contribution in [2.75, 3.05) is 5.32 Å². The Morgan fingerprint density at radius 1 is 1.22 bits per heavy atom. The fourth-order valence-corrected chi connectivity index (χ4v) is 2.76. The van der Waals surface area contributed by atoms with E-state index in [1.54, 1.807) is 29.9 Å². The third-order valence-electron chi connectivity index (χ3n) is 3.70. The number of nitro benzene ring substituents is 1. The van der Waals surface area contributed by atoms with Crippen molar-refractivity contribution in [1.82, 2.24) is 4.57 Å². The van der Waals surface area contributed by atoms with Crippen LogP contribution in [0, 0.1) is 10.1 Å². The molecule has 0 saturated carbocycles. The lowest BCUT2D eigenvalue weighted by molar-refractivity contribution is -0.383. The minimum absolute atomic E-state index is 0.0780. The molecule has 0 bridgehead atoms. The highest BCUT2D eigenvalue weighted by atomic mass is 16.6. The number of nitrogens with zero attached hydrogens (tertiary/aromatic N) is 2. The number of fused-ring (bicyclic) bond motifs is 1. The fourth-order valence-electron chi connectivity index (χ4n) is 2.76. The molecule has 0 aliphatic heterocycles. The maximum Gasteiger partial charge on any atom is 0.293 e. The Kier molecular flexibility index (Phi) is 3.57. The highest BCUT2D eigenvalue weighted by molar-refractivity contribution is 6.01. The van der Waals surface area contributed by atoms with Gasteiger partial charge in [-0.1, -0.05) is 12.1 Å². The van der Waals surface area contributed by atoms with Gasteiger partial charge in [-0.2, -0.15) is 0 Å². The molecule has 2 aromatic carbocycles. The minimum Gasteiger partial charge on any atom is -0.345 e. The first-order chi connectivity index (χ1) is 11.0. The summed E-state index contributed by atoms with van der Waals surface area (Å²) < 4.78 is 1.74. The van der Waals surface area contributed by atoms with Crippen molar-refractivity contribution in [2.45, 2.75) is 6.92 Å². The van der Waals surface area contributed by atoms with Crippen LogP contribution < -0.4 is 5.32 Å². The second-order valence-electron chi connectivity index (χ2n) is 5.34. The number of nitro groups is 1. The first kappa shape index (κ1) is 14.8. The zero-order valence-corrected chi connectivity index (χ0v) is 12.7. The van der Waals surface area contributed by atoms with Crippen LogP contribution in [0.15, 0.2) is 48.7 Å². The summed E-state index contributed by atoms with van der Waals surface area (Å²) in [6, 6.07) is 12.5. The predicted octanol–water partition coefficient (Wildman–Crippen LogP) is 3.71. The molecule has 1 aromatic heterocycles. The molecule has 0 saturated heterocycles. The van der Waals surface area contributed by atoms with Crippen molar-refractivity contribution < 1.29 is 9.72 Å². The summed E-state index contributed by atoms with van der Waals surface area (Å²) in [6.45, 7) is 1.45. The maximum atomic E-state index is 11.2. The predicted molar refractivity (Wildman–Crippen MR) is 89.3 cm³/mol. The number of aromatic nitrogens is 1. The van der Waals surface area contributed by atoms with E-state index >= 15 is 0 Å².